The van der Waals surface area contributed by atoms with Gasteiger partial charge in [-0.15, -0.1) is 0 Å². The first kappa shape index (κ1) is 10.6. The Morgan fingerprint density at radius 2 is 1.50 bits per heavy atom. The molecule has 1 aromatic rings. The van der Waals surface area contributed by atoms with Gasteiger partial charge < -0.3 is 0 Å². The Labute approximate surface area is 70.3 Å². The van der Waals surface area contributed by atoms with Gasteiger partial charge in [0.1, 0.15) is 11.6 Å². The van der Waals surface area contributed by atoms with Crippen LogP contribution in [0.4, 0.5) is 8.78 Å². The topological polar surface area (TPSA) is 23.8 Å². The molecule has 0 radical (unpaired) electrons. The Kier molecular flexibility index (Phi) is 4.62. The van der Waals surface area contributed by atoms with Crippen molar-refractivity contribution in [1.29, 1.82) is 5.26 Å². The van der Waals surface area contributed by atoms with Crippen LogP contribution in [0.15, 0.2) is 18.2 Å². The molecule has 1 rings (SSSR count). The van der Waals surface area contributed by atoms with Crippen LogP contribution in [0.1, 0.15) is 19.4 Å². The molecule has 1 nitrogen and oxygen atoms in total. The number of halogens is 2. The minimum absolute atomic E-state index is 0.00231. The summed E-state index contributed by atoms with van der Waals surface area (Å²) in [6.45, 7) is 4.00. The van der Waals surface area contributed by atoms with Crippen molar-refractivity contribution >= 4 is 0 Å². The Morgan fingerprint density at radius 1 is 1.08 bits per heavy atom. The van der Waals surface area contributed by atoms with Crippen molar-refractivity contribution in [2.75, 3.05) is 0 Å². The number of hydrogen-bond acceptors (Lipinski definition) is 1. The highest BCUT2D eigenvalue weighted by Crippen LogP contribution is 2.05. The molecule has 0 aliphatic rings. The summed E-state index contributed by atoms with van der Waals surface area (Å²) in [6.07, 6.45) is 0. The molecule has 0 amide bonds. The molecule has 3 heteroatoms. The molecule has 12 heavy (non-hydrogen) atoms. The molecule has 0 saturated carbocycles. The number of rotatable bonds is 0. The van der Waals surface area contributed by atoms with E-state index in [-0.39, 0.29) is 5.56 Å². The number of benzene rings is 1. The second-order valence-electron chi connectivity index (χ2n) is 1.77. The second kappa shape index (κ2) is 5.25. The lowest BCUT2D eigenvalue weighted by Crippen LogP contribution is -1.81. The number of nitriles is 1. The number of hydrogen-bond donors (Lipinski definition) is 0. The minimum Gasteiger partial charge on any atom is -0.207 e. The maximum atomic E-state index is 12.2. The van der Waals surface area contributed by atoms with Crippen LogP contribution in [-0.4, -0.2) is 0 Å². The van der Waals surface area contributed by atoms with Gasteiger partial charge in [0.05, 0.1) is 11.6 Å². The molecular formula is C9H9F2N. The Morgan fingerprint density at radius 3 is 1.83 bits per heavy atom. The third-order valence-electron chi connectivity index (χ3n) is 0.992. The van der Waals surface area contributed by atoms with Crippen molar-refractivity contribution in [3.63, 3.8) is 0 Å². The number of nitrogens with zero attached hydrogens (tertiary/aromatic N) is 1. The maximum Gasteiger partial charge on any atom is 0.127 e. The van der Waals surface area contributed by atoms with Crippen LogP contribution < -0.4 is 0 Å². The van der Waals surface area contributed by atoms with E-state index in [0.29, 0.717) is 0 Å². The molecule has 0 aromatic heterocycles. The van der Waals surface area contributed by atoms with E-state index in [0.717, 1.165) is 18.2 Å². The summed E-state index contributed by atoms with van der Waals surface area (Å²) in [5.41, 5.74) is -0.00231. The fourth-order valence-electron chi connectivity index (χ4n) is 0.618. The molecule has 0 unspecified atom stereocenters. The SMILES string of the molecule is CC.N#Cc1cc(F)cc(F)c1. The van der Waals surface area contributed by atoms with E-state index in [1.165, 1.54) is 0 Å². The first-order chi connectivity index (χ1) is 5.72. The van der Waals surface area contributed by atoms with E-state index in [4.69, 9.17) is 5.26 Å². The lowest BCUT2D eigenvalue weighted by Gasteiger charge is -1.89. The van der Waals surface area contributed by atoms with Crippen molar-refractivity contribution in [1.82, 2.24) is 0 Å². The highest BCUT2D eigenvalue weighted by atomic mass is 19.1. The minimum atomic E-state index is -0.725. The van der Waals surface area contributed by atoms with Crippen LogP contribution in [0.2, 0.25) is 0 Å². The van der Waals surface area contributed by atoms with E-state index >= 15 is 0 Å². The molecular weight excluding hydrogens is 160 g/mol. The zero-order valence-corrected chi connectivity index (χ0v) is 6.94. The third-order valence-corrected chi connectivity index (χ3v) is 0.992. The van der Waals surface area contributed by atoms with Gasteiger partial charge >= 0.3 is 0 Å². The first-order valence-electron chi connectivity index (χ1n) is 3.58. The zero-order chi connectivity index (χ0) is 9.56. The van der Waals surface area contributed by atoms with Gasteiger partial charge in [-0.25, -0.2) is 8.78 Å². The smallest absolute Gasteiger partial charge is 0.127 e. The molecule has 0 spiro atoms. The standard InChI is InChI=1S/C7H3F2N.C2H6/c8-6-1-5(4-10)2-7(9)3-6;1-2/h1-3H;1-2H3. The van der Waals surface area contributed by atoms with E-state index < -0.39 is 11.6 Å². The monoisotopic (exact) mass is 169 g/mol. The highest BCUT2D eigenvalue weighted by molar-refractivity contribution is 5.29. The largest absolute Gasteiger partial charge is 0.207 e. The van der Waals surface area contributed by atoms with Crippen molar-refractivity contribution in [3.05, 3.63) is 35.4 Å². The molecule has 64 valence electrons. The van der Waals surface area contributed by atoms with Crippen LogP contribution >= 0.6 is 0 Å². The van der Waals surface area contributed by atoms with E-state index in [2.05, 4.69) is 0 Å². The summed E-state index contributed by atoms with van der Waals surface area (Å²) in [6, 6.07) is 4.30. The normalized spacial score (nSPS) is 7.92. The van der Waals surface area contributed by atoms with Gasteiger partial charge in [0.25, 0.3) is 0 Å². The summed E-state index contributed by atoms with van der Waals surface area (Å²) in [5, 5.41) is 8.20. The summed E-state index contributed by atoms with van der Waals surface area (Å²) < 4.78 is 24.4. The fraction of sp³-hybridized carbons (Fsp3) is 0.222. The van der Waals surface area contributed by atoms with Gasteiger partial charge in [-0.2, -0.15) is 5.26 Å². The molecule has 0 heterocycles. The Balaban J connectivity index is 0.000000561. The average molecular weight is 169 g/mol. The summed E-state index contributed by atoms with van der Waals surface area (Å²) >= 11 is 0. The van der Waals surface area contributed by atoms with Gasteiger partial charge in [0.2, 0.25) is 0 Å². The second-order valence-corrected chi connectivity index (χ2v) is 1.77. The molecule has 0 aliphatic heterocycles. The van der Waals surface area contributed by atoms with E-state index in [9.17, 15) is 8.78 Å². The first-order valence-corrected chi connectivity index (χ1v) is 3.58. The fourth-order valence-corrected chi connectivity index (χ4v) is 0.618. The van der Waals surface area contributed by atoms with E-state index in [1.54, 1.807) is 6.07 Å². The van der Waals surface area contributed by atoms with Crippen molar-refractivity contribution in [2.24, 2.45) is 0 Å². The van der Waals surface area contributed by atoms with Gasteiger partial charge in [0, 0.05) is 6.07 Å². The van der Waals surface area contributed by atoms with Crippen LogP contribution in [0.5, 0.6) is 0 Å². The molecule has 0 aliphatic carbocycles. The van der Waals surface area contributed by atoms with E-state index in [1.807, 2.05) is 13.8 Å². The summed E-state index contributed by atoms with van der Waals surface area (Å²) in [7, 11) is 0. The quantitative estimate of drug-likeness (QED) is 0.585. The molecule has 0 atom stereocenters. The van der Waals surface area contributed by atoms with Crippen molar-refractivity contribution < 1.29 is 8.78 Å². The molecule has 0 N–H and O–H groups in total. The van der Waals surface area contributed by atoms with Crippen molar-refractivity contribution in [2.45, 2.75) is 13.8 Å². The zero-order valence-electron chi connectivity index (χ0n) is 6.94. The lowest BCUT2D eigenvalue weighted by molar-refractivity contribution is 0.582. The maximum absolute atomic E-state index is 12.2. The van der Waals surface area contributed by atoms with Gasteiger partial charge in [0.15, 0.2) is 0 Å². The lowest BCUT2D eigenvalue weighted by atomic mass is 10.2. The molecule has 1 aromatic carbocycles. The van der Waals surface area contributed by atoms with Crippen LogP contribution in [0, 0.1) is 23.0 Å². The third kappa shape index (κ3) is 3.11. The Bertz CT molecular complexity index is 269. The highest BCUT2D eigenvalue weighted by Gasteiger charge is 1.97. The molecule has 0 bridgehead atoms. The Hall–Kier alpha value is -1.43. The summed E-state index contributed by atoms with van der Waals surface area (Å²) in [5.74, 6) is -1.45. The van der Waals surface area contributed by atoms with Gasteiger partial charge in [-0.3, -0.25) is 0 Å². The predicted octanol–water partition coefficient (Wildman–Crippen LogP) is 2.86. The average Bonchev–Trinajstić information content (AvgIpc) is 2.06. The summed E-state index contributed by atoms with van der Waals surface area (Å²) in [4.78, 5) is 0. The predicted molar refractivity (Wildman–Crippen MR) is 42.4 cm³/mol. The molecule has 0 fully saturated rings. The molecule has 0 saturated heterocycles. The van der Waals surface area contributed by atoms with Crippen LogP contribution in [0.25, 0.3) is 0 Å². The van der Waals surface area contributed by atoms with Crippen molar-refractivity contribution in [3.8, 4) is 6.07 Å². The van der Waals surface area contributed by atoms with Crippen LogP contribution in [0.3, 0.4) is 0 Å². The van der Waals surface area contributed by atoms with Crippen LogP contribution in [-0.2, 0) is 0 Å². The van der Waals surface area contributed by atoms with Gasteiger partial charge in [-0.05, 0) is 12.1 Å². The van der Waals surface area contributed by atoms with Gasteiger partial charge in [-0.1, -0.05) is 13.8 Å².